The van der Waals surface area contributed by atoms with Crippen LogP contribution >= 0.6 is 23.1 Å². The summed E-state index contributed by atoms with van der Waals surface area (Å²) in [4.78, 5) is 29.4. The molecule has 8 heteroatoms. The minimum atomic E-state index is -0.345. The molecule has 134 valence electrons. The number of benzene rings is 1. The molecule has 26 heavy (non-hydrogen) atoms. The first-order valence-electron chi connectivity index (χ1n) is 7.87. The third-order valence-electron chi connectivity index (χ3n) is 3.48. The van der Waals surface area contributed by atoms with Crippen LogP contribution in [0.3, 0.4) is 0 Å². The Labute approximate surface area is 159 Å². The maximum atomic E-state index is 12.1. The Morgan fingerprint density at radius 2 is 2.12 bits per heavy atom. The summed E-state index contributed by atoms with van der Waals surface area (Å²) in [7, 11) is 0. The number of nitrogens with zero attached hydrogens (tertiary/aromatic N) is 1. The predicted octanol–water partition coefficient (Wildman–Crippen LogP) is 4.28. The molecule has 0 radical (unpaired) electrons. The molecule has 2 amide bonds. The number of carbonyl (C=O) groups excluding carboxylic acids is 2. The summed E-state index contributed by atoms with van der Waals surface area (Å²) in [5.41, 5.74) is 1.55. The fraction of sp³-hybridized carbons (Fsp3) is 0.167. The summed E-state index contributed by atoms with van der Waals surface area (Å²) in [6.45, 7) is 0. The van der Waals surface area contributed by atoms with Crippen LogP contribution in [-0.2, 0) is 11.2 Å². The van der Waals surface area contributed by atoms with E-state index in [4.69, 9.17) is 4.42 Å². The second-order valence-corrected chi connectivity index (χ2v) is 7.09. The van der Waals surface area contributed by atoms with E-state index in [1.165, 1.54) is 17.6 Å². The highest BCUT2D eigenvalue weighted by atomic mass is 32.2. The lowest BCUT2D eigenvalue weighted by atomic mass is 10.2. The molecule has 6 nitrogen and oxygen atoms in total. The van der Waals surface area contributed by atoms with Crippen molar-refractivity contribution in [1.29, 1.82) is 0 Å². The first-order valence-corrected chi connectivity index (χ1v) is 9.97. The van der Waals surface area contributed by atoms with E-state index in [2.05, 4.69) is 15.6 Å². The number of rotatable bonds is 7. The minimum Gasteiger partial charge on any atom is -0.459 e. The van der Waals surface area contributed by atoms with Crippen molar-refractivity contribution in [3.8, 4) is 0 Å². The van der Waals surface area contributed by atoms with E-state index in [1.54, 1.807) is 23.9 Å². The molecular formula is C18H17N3O3S2. The van der Waals surface area contributed by atoms with E-state index < -0.39 is 0 Å². The van der Waals surface area contributed by atoms with Gasteiger partial charge in [0.25, 0.3) is 5.91 Å². The molecule has 2 heterocycles. The lowest BCUT2D eigenvalue weighted by Crippen LogP contribution is -2.13. The summed E-state index contributed by atoms with van der Waals surface area (Å²) in [6, 6.07) is 10.9. The molecule has 0 saturated carbocycles. The number of nitrogens with one attached hydrogen (secondary N) is 2. The SMILES string of the molecule is CSc1cccc(NC(=O)CCc2csc(NC(=O)c3ccco3)n2)c1. The van der Waals surface area contributed by atoms with E-state index >= 15 is 0 Å². The van der Waals surface area contributed by atoms with Crippen LogP contribution in [0.15, 0.2) is 57.4 Å². The fourth-order valence-corrected chi connectivity index (χ4v) is 3.41. The number of thiazole rings is 1. The number of furan rings is 1. The van der Waals surface area contributed by atoms with Crippen LogP contribution in [-0.4, -0.2) is 23.1 Å². The summed E-state index contributed by atoms with van der Waals surface area (Å²) >= 11 is 2.94. The molecule has 3 aromatic rings. The summed E-state index contributed by atoms with van der Waals surface area (Å²) in [6.07, 6.45) is 4.25. The van der Waals surface area contributed by atoms with Gasteiger partial charge in [-0.1, -0.05) is 6.07 Å². The van der Waals surface area contributed by atoms with Crippen molar-refractivity contribution >= 4 is 45.7 Å². The van der Waals surface area contributed by atoms with E-state index in [1.807, 2.05) is 35.9 Å². The first-order chi connectivity index (χ1) is 12.6. The van der Waals surface area contributed by atoms with E-state index in [9.17, 15) is 9.59 Å². The van der Waals surface area contributed by atoms with E-state index in [0.29, 0.717) is 18.0 Å². The smallest absolute Gasteiger partial charge is 0.293 e. The molecule has 0 aliphatic carbocycles. The van der Waals surface area contributed by atoms with Crippen molar-refractivity contribution in [2.75, 3.05) is 16.9 Å². The van der Waals surface area contributed by atoms with Crippen LogP contribution in [0.1, 0.15) is 22.7 Å². The van der Waals surface area contributed by atoms with Crippen LogP contribution in [0.4, 0.5) is 10.8 Å². The molecule has 0 fully saturated rings. The first kappa shape index (κ1) is 18.2. The number of carbonyl (C=O) groups is 2. The maximum absolute atomic E-state index is 12.1. The van der Waals surface area contributed by atoms with Crippen molar-refractivity contribution < 1.29 is 14.0 Å². The molecule has 0 unspecified atom stereocenters. The fourth-order valence-electron chi connectivity index (χ4n) is 2.21. The Hall–Kier alpha value is -2.58. The zero-order valence-electron chi connectivity index (χ0n) is 14.0. The molecule has 0 atom stereocenters. The average molecular weight is 387 g/mol. The normalized spacial score (nSPS) is 10.5. The van der Waals surface area contributed by atoms with Crippen molar-refractivity contribution in [2.45, 2.75) is 17.7 Å². The second kappa shape index (κ2) is 8.68. The summed E-state index contributed by atoms with van der Waals surface area (Å²) < 4.78 is 5.04. The van der Waals surface area contributed by atoms with Crippen LogP contribution in [0.2, 0.25) is 0 Å². The summed E-state index contributed by atoms with van der Waals surface area (Å²) in [5, 5.41) is 7.88. The lowest BCUT2D eigenvalue weighted by molar-refractivity contribution is -0.116. The Balaban J connectivity index is 1.49. The average Bonchev–Trinajstić information content (AvgIpc) is 3.32. The molecular weight excluding hydrogens is 370 g/mol. The van der Waals surface area contributed by atoms with Crippen molar-refractivity contribution in [3.63, 3.8) is 0 Å². The molecule has 1 aromatic carbocycles. The number of aryl methyl sites for hydroxylation is 1. The van der Waals surface area contributed by atoms with Gasteiger partial charge in [0, 0.05) is 22.4 Å². The quantitative estimate of drug-likeness (QED) is 0.591. The third-order valence-corrected chi connectivity index (χ3v) is 5.01. The van der Waals surface area contributed by atoms with Gasteiger partial charge in [0.15, 0.2) is 10.9 Å². The third kappa shape index (κ3) is 4.96. The molecule has 0 spiro atoms. The minimum absolute atomic E-state index is 0.0718. The van der Waals surface area contributed by atoms with Crippen LogP contribution in [0.25, 0.3) is 0 Å². The van der Waals surface area contributed by atoms with Gasteiger partial charge in [0.2, 0.25) is 5.91 Å². The second-order valence-electron chi connectivity index (χ2n) is 5.36. The Morgan fingerprint density at radius 3 is 2.88 bits per heavy atom. The highest BCUT2D eigenvalue weighted by Crippen LogP contribution is 2.20. The Bertz CT molecular complexity index is 891. The van der Waals surface area contributed by atoms with Crippen LogP contribution in [0, 0.1) is 0 Å². The Kier molecular flexibility index (Phi) is 6.08. The van der Waals surface area contributed by atoms with Gasteiger partial charge in [-0.05, 0) is 43.0 Å². The molecule has 0 aliphatic heterocycles. The van der Waals surface area contributed by atoms with Gasteiger partial charge in [-0.3, -0.25) is 14.9 Å². The number of aromatic nitrogens is 1. The van der Waals surface area contributed by atoms with E-state index in [0.717, 1.165) is 16.3 Å². The molecule has 0 aliphatic rings. The highest BCUT2D eigenvalue weighted by Gasteiger charge is 2.12. The summed E-state index contributed by atoms with van der Waals surface area (Å²) in [5.74, 6) is -0.187. The van der Waals surface area contributed by atoms with Gasteiger partial charge in [0.1, 0.15) is 0 Å². The predicted molar refractivity (Wildman–Crippen MR) is 104 cm³/mol. The zero-order chi connectivity index (χ0) is 18.4. The number of amides is 2. The number of hydrogen-bond donors (Lipinski definition) is 2. The molecule has 2 N–H and O–H groups in total. The topological polar surface area (TPSA) is 84.2 Å². The van der Waals surface area contributed by atoms with Crippen LogP contribution in [0.5, 0.6) is 0 Å². The number of thioether (sulfide) groups is 1. The van der Waals surface area contributed by atoms with Crippen LogP contribution < -0.4 is 10.6 Å². The van der Waals surface area contributed by atoms with Gasteiger partial charge in [-0.2, -0.15) is 0 Å². The van der Waals surface area contributed by atoms with Crippen molar-refractivity contribution in [2.24, 2.45) is 0 Å². The number of anilines is 2. The largest absolute Gasteiger partial charge is 0.459 e. The molecule has 3 rings (SSSR count). The maximum Gasteiger partial charge on any atom is 0.293 e. The molecule has 2 aromatic heterocycles. The van der Waals surface area contributed by atoms with Crippen molar-refractivity contribution in [3.05, 3.63) is 59.5 Å². The Morgan fingerprint density at radius 1 is 1.23 bits per heavy atom. The van der Waals surface area contributed by atoms with Gasteiger partial charge >= 0.3 is 0 Å². The lowest BCUT2D eigenvalue weighted by Gasteiger charge is -2.05. The van der Waals surface area contributed by atoms with Gasteiger partial charge in [0.05, 0.1) is 12.0 Å². The monoisotopic (exact) mass is 387 g/mol. The van der Waals surface area contributed by atoms with Gasteiger partial charge < -0.3 is 9.73 Å². The van der Waals surface area contributed by atoms with Gasteiger partial charge in [-0.15, -0.1) is 23.1 Å². The number of hydrogen-bond acceptors (Lipinski definition) is 6. The zero-order valence-corrected chi connectivity index (χ0v) is 15.7. The van der Waals surface area contributed by atoms with Gasteiger partial charge in [-0.25, -0.2) is 4.98 Å². The highest BCUT2D eigenvalue weighted by molar-refractivity contribution is 7.98. The molecule has 0 bridgehead atoms. The van der Waals surface area contributed by atoms with E-state index in [-0.39, 0.29) is 17.6 Å². The molecule has 0 saturated heterocycles. The standard InChI is InChI=1S/C18H17N3O3S2/c1-25-14-5-2-4-12(10-14)19-16(22)8-7-13-11-26-18(20-13)21-17(23)15-6-3-9-24-15/h2-6,9-11H,7-8H2,1H3,(H,19,22)(H,20,21,23). The van der Waals surface area contributed by atoms with Crippen molar-refractivity contribution in [1.82, 2.24) is 4.98 Å².